The Morgan fingerprint density at radius 2 is 1.77 bits per heavy atom. The molecule has 0 N–H and O–H groups in total. The Balaban J connectivity index is 2.37. The number of rotatable bonds is 6. The molecule has 0 fully saturated rings. The van der Waals surface area contributed by atoms with E-state index in [1.165, 1.54) is 37.7 Å². The lowest BCUT2D eigenvalue weighted by atomic mass is 9.94. The quantitative estimate of drug-likeness (QED) is 0.605. The zero-order valence-electron chi connectivity index (χ0n) is 12.0. The number of ketones is 2. The number of ether oxygens (including phenoxy) is 2. The molecule has 0 spiro atoms. The van der Waals surface area contributed by atoms with Gasteiger partial charge in [0, 0.05) is 11.6 Å². The average molecular weight is 315 g/mol. The summed E-state index contributed by atoms with van der Waals surface area (Å²) in [4.78, 5) is 25.1. The van der Waals surface area contributed by atoms with Crippen LogP contribution < -0.4 is 9.47 Å². The summed E-state index contributed by atoms with van der Waals surface area (Å²) >= 11 is 1.20. The van der Waals surface area contributed by atoms with E-state index in [1.54, 1.807) is 29.6 Å². The molecule has 5 nitrogen and oxygen atoms in total. The van der Waals surface area contributed by atoms with Crippen LogP contribution in [0.1, 0.15) is 20.0 Å². The van der Waals surface area contributed by atoms with Crippen molar-refractivity contribution in [3.8, 4) is 17.6 Å². The summed E-state index contributed by atoms with van der Waals surface area (Å²) in [6.07, 6.45) is 0. The van der Waals surface area contributed by atoms with Crippen molar-refractivity contribution < 1.29 is 19.1 Å². The van der Waals surface area contributed by atoms with E-state index in [1.807, 2.05) is 0 Å². The van der Waals surface area contributed by atoms with Gasteiger partial charge in [0.05, 0.1) is 25.2 Å². The number of carbonyl (C=O) groups excluding carboxylic acids is 2. The monoisotopic (exact) mass is 315 g/mol. The summed E-state index contributed by atoms with van der Waals surface area (Å²) in [6, 6.07) is 9.66. The molecule has 0 aliphatic heterocycles. The molecule has 0 saturated carbocycles. The molecule has 0 saturated heterocycles. The molecule has 0 aliphatic rings. The first-order valence-corrected chi connectivity index (χ1v) is 7.23. The molecule has 0 amide bonds. The fourth-order valence-electron chi connectivity index (χ4n) is 1.91. The maximum Gasteiger partial charge on any atom is 0.197 e. The first-order valence-electron chi connectivity index (χ1n) is 6.35. The third-order valence-electron chi connectivity index (χ3n) is 3.05. The summed E-state index contributed by atoms with van der Waals surface area (Å²) in [5.74, 6) is -1.61. The molecular weight excluding hydrogens is 302 g/mol. The first kappa shape index (κ1) is 15.7. The van der Waals surface area contributed by atoms with E-state index in [-0.39, 0.29) is 5.56 Å². The molecular formula is C16H13NO4S. The highest BCUT2D eigenvalue weighted by Crippen LogP contribution is 2.25. The van der Waals surface area contributed by atoms with Gasteiger partial charge in [0.15, 0.2) is 17.5 Å². The summed E-state index contributed by atoms with van der Waals surface area (Å²) in [5, 5.41) is 11.0. The topological polar surface area (TPSA) is 76.4 Å². The molecule has 1 aromatic heterocycles. The van der Waals surface area contributed by atoms with Gasteiger partial charge in [-0.3, -0.25) is 9.59 Å². The minimum absolute atomic E-state index is 0.202. The Hall–Kier alpha value is -2.65. The molecule has 1 unspecified atom stereocenters. The van der Waals surface area contributed by atoms with Gasteiger partial charge < -0.3 is 9.47 Å². The van der Waals surface area contributed by atoms with Gasteiger partial charge in [-0.15, -0.1) is 11.3 Å². The molecule has 22 heavy (non-hydrogen) atoms. The average Bonchev–Trinajstić information content (AvgIpc) is 3.09. The Morgan fingerprint density at radius 1 is 1.14 bits per heavy atom. The predicted octanol–water partition coefficient (Wildman–Crippen LogP) is 2.97. The molecule has 0 radical (unpaired) electrons. The highest BCUT2D eigenvalue weighted by molar-refractivity contribution is 7.12. The van der Waals surface area contributed by atoms with E-state index < -0.39 is 17.5 Å². The normalized spacial score (nSPS) is 11.3. The highest BCUT2D eigenvalue weighted by atomic mass is 32.1. The first-order chi connectivity index (χ1) is 10.6. The van der Waals surface area contributed by atoms with Crippen molar-refractivity contribution in [2.24, 2.45) is 5.92 Å². The second kappa shape index (κ2) is 6.87. The van der Waals surface area contributed by atoms with Gasteiger partial charge in [-0.2, -0.15) is 5.26 Å². The van der Waals surface area contributed by atoms with Crippen LogP contribution in [-0.4, -0.2) is 25.8 Å². The molecule has 0 aliphatic carbocycles. The number of nitrogens with zero attached hydrogens (tertiary/aromatic N) is 1. The molecule has 0 bridgehead atoms. The van der Waals surface area contributed by atoms with Crippen LogP contribution in [0.15, 0.2) is 35.7 Å². The van der Waals surface area contributed by atoms with Gasteiger partial charge in [0.1, 0.15) is 11.5 Å². The third kappa shape index (κ3) is 3.15. The van der Waals surface area contributed by atoms with Crippen LogP contribution in [0.2, 0.25) is 0 Å². The van der Waals surface area contributed by atoms with Gasteiger partial charge >= 0.3 is 0 Å². The number of benzene rings is 1. The number of methoxy groups -OCH3 is 2. The standard InChI is InChI=1S/C16H13NO4S/c1-20-11-6-10(7-12(8-11)21-2)15(18)13(9-17)16(19)14-4-3-5-22-14/h3-8,13H,1-2H3. The van der Waals surface area contributed by atoms with E-state index in [0.717, 1.165) is 0 Å². The lowest BCUT2D eigenvalue weighted by Gasteiger charge is -2.10. The van der Waals surface area contributed by atoms with Crippen molar-refractivity contribution in [1.82, 2.24) is 0 Å². The number of hydrogen-bond donors (Lipinski definition) is 0. The van der Waals surface area contributed by atoms with Gasteiger partial charge in [-0.1, -0.05) is 6.07 Å². The maximum absolute atomic E-state index is 12.5. The SMILES string of the molecule is COc1cc(OC)cc(C(=O)C(C#N)C(=O)c2cccs2)c1. The summed E-state index contributed by atoms with van der Waals surface area (Å²) in [7, 11) is 2.92. The number of thiophene rings is 1. The predicted molar refractivity (Wildman–Crippen MR) is 81.6 cm³/mol. The Labute approximate surface area is 131 Å². The lowest BCUT2D eigenvalue weighted by molar-refractivity contribution is 0.0848. The lowest BCUT2D eigenvalue weighted by Crippen LogP contribution is -2.22. The van der Waals surface area contributed by atoms with Crippen molar-refractivity contribution >= 4 is 22.9 Å². The zero-order chi connectivity index (χ0) is 16.1. The Bertz CT molecular complexity index is 709. The van der Waals surface area contributed by atoms with Crippen LogP contribution >= 0.6 is 11.3 Å². The Morgan fingerprint density at radius 3 is 2.23 bits per heavy atom. The van der Waals surface area contributed by atoms with E-state index in [0.29, 0.717) is 16.4 Å². The molecule has 112 valence electrons. The van der Waals surface area contributed by atoms with Crippen molar-refractivity contribution in [3.05, 3.63) is 46.2 Å². The number of Topliss-reactive ketones (excluding diaryl/α,β-unsaturated/α-hetero) is 2. The van der Waals surface area contributed by atoms with Crippen LogP contribution in [0.25, 0.3) is 0 Å². The fraction of sp³-hybridized carbons (Fsp3) is 0.188. The number of carbonyl (C=O) groups is 2. The smallest absolute Gasteiger partial charge is 0.197 e. The zero-order valence-corrected chi connectivity index (χ0v) is 12.8. The van der Waals surface area contributed by atoms with Crippen LogP contribution in [0.5, 0.6) is 11.5 Å². The maximum atomic E-state index is 12.5. The van der Waals surface area contributed by atoms with Crippen LogP contribution in [-0.2, 0) is 0 Å². The summed E-state index contributed by atoms with van der Waals surface area (Å²) < 4.78 is 10.2. The molecule has 2 aromatic rings. The molecule has 1 heterocycles. The second-order valence-electron chi connectivity index (χ2n) is 4.37. The number of nitriles is 1. The van der Waals surface area contributed by atoms with Crippen molar-refractivity contribution in [2.45, 2.75) is 0 Å². The van der Waals surface area contributed by atoms with Gasteiger partial charge in [-0.25, -0.2) is 0 Å². The van der Waals surface area contributed by atoms with Crippen molar-refractivity contribution in [1.29, 1.82) is 5.26 Å². The fourth-order valence-corrected chi connectivity index (χ4v) is 2.61. The minimum Gasteiger partial charge on any atom is -0.497 e. The van der Waals surface area contributed by atoms with Gasteiger partial charge in [0.2, 0.25) is 0 Å². The summed E-state index contributed by atoms with van der Waals surface area (Å²) in [5.41, 5.74) is 0.202. The van der Waals surface area contributed by atoms with Gasteiger partial charge in [-0.05, 0) is 23.6 Å². The molecule has 2 rings (SSSR count). The molecule has 6 heteroatoms. The minimum atomic E-state index is -1.38. The van der Waals surface area contributed by atoms with E-state index >= 15 is 0 Å². The van der Waals surface area contributed by atoms with E-state index in [2.05, 4.69) is 0 Å². The van der Waals surface area contributed by atoms with E-state index in [4.69, 9.17) is 9.47 Å². The molecule has 1 aromatic carbocycles. The van der Waals surface area contributed by atoms with Crippen molar-refractivity contribution in [3.63, 3.8) is 0 Å². The van der Waals surface area contributed by atoms with Crippen LogP contribution in [0.3, 0.4) is 0 Å². The van der Waals surface area contributed by atoms with Crippen LogP contribution in [0, 0.1) is 17.2 Å². The second-order valence-corrected chi connectivity index (χ2v) is 5.32. The molecule has 1 atom stereocenters. The third-order valence-corrected chi connectivity index (χ3v) is 3.94. The van der Waals surface area contributed by atoms with Crippen molar-refractivity contribution in [2.75, 3.05) is 14.2 Å². The van der Waals surface area contributed by atoms with Gasteiger partial charge in [0.25, 0.3) is 0 Å². The largest absolute Gasteiger partial charge is 0.497 e. The summed E-state index contributed by atoms with van der Waals surface area (Å²) in [6.45, 7) is 0. The highest BCUT2D eigenvalue weighted by Gasteiger charge is 2.29. The van der Waals surface area contributed by atoms with Crippen LogP contribution in [0.4, 0.5) is 0 Å². The number of hydrogen-bond acceptors (Lipinski definition) is 6. The Kier molecular flexibility index (Phi) is 4.92. The van der Waals surface area contributed by atoms with E-state index in [9.17, 15) is 14.9 Å².